The number of rotatable bonds is 3. The van der Waals surface area contributed by atoms with E-state index < -0.39 is 11.2 Å². The second-order valence-corrected chi connectivity index (χ2v) is 5.70. The molecule has 1 heterocycles. The number of benzene rings is 2. The predicted octanol–water partition coefficient (Wildman–Crippen LogP) is 3.95. The topological polar surface area (TPSA) is 68.9 Å². The number of hydrogen-bond donors (Lipinski definition) is 1. The maximum Gasteiger partial charge on any atom is 0.238 e. The Balaban J connectivity index is 2.39. The van der Waals surface area contributed by atoms with Crippen molar-refractivity contribution in [2.45, 2.75) is 0 Å². The molecular weight excluding hydrogens is 364 g/mol. The molecule has 0 unspecified atom stereocenters. The second kappa shape index (κ2) is 5.96. The Morgan fingerprint density at radius 3 is 2.52 bits per heavy atom. The normalized spacial score (nSPS) is 10.7. The minimum absolute atomic E-state index is 0.0499. The van der Waals surface area contributed by atoms with E-state index in [-0.39, 0.29) is 11.1 Å². The molecule has 0 aliphatic carbocycles. The molecule has 0 amide bonds. The van der Waals surface area contributed by atoms with Gasteiger partial charge in [-0.2, -0.15) is 0 Å². The molecule has 0 saturated heterocycles. The van der Waals surface area contributed by atoms with Crippen LogP contribution in [0.1, 0.15) is 0 Å². The van der Waals surface area contributed by atoms with Crippen LogP contribution >= 0.6 is 15.9 Å². The third-order valence-electron chi connectivity index (χ3n) is 3.48. The highest BCUT2D eigenvalue weighted by molar-refractivity contribution is 9.10. The number of aromatic hydroxyl groups is 1. The van der Waals surface area contributed by atoms with Gasteiger partial charge in [0.05, 0.1) is 19.8 Å². The quantitative estimate of drug-likeness (QED) is 0.749. The zero-order valence-electron chi connectivity index (χ0n) is 12.4. The highest BCUT2D eigenvalue weighted by atomic mass is 79.9. The summed E-state index contributed by atoms with van der Waals surface area (Å²) in [7, 11) is 2.96. The van der Waals surface area contributed by atoms with E-state index in [1.54, 1.807) is 36.4 Å². The van der Waals surface area contributed by atoms with Crippen LogP contribution in [0, 0.1) is 0 Å². The molecule has 1 N–H and O–H groups in total. The Kier molecular flexibility index (Phi) is 4.00. The number of fused-ring (bicyclic) bond motifs is 1. The first-order valence-corrected chi connectivity index (χ1v) is 7.52. The van der Waals surface area contributed by atoms with Crippen LogP contribution < -0.4 is 14.9 Å². The minimum Gasteiger partial charge on any atom is -0.502 e. The second-order valence-electron chi connectivity index (χ2n) is 4.79. The Morgan fingerprint density at radius 2 is 1.83 bits per heavy atom. The van der Waals surface area contributed by atoms with Gasteiger partial charge in [-0.05, 0) is 30.3 Å². The van der Waals surface area contributed by atoms with Crippen LogP contribution in [-0.4, -0.2) is 19.3 Å². The van der Waals surface area contributed by atoms with E-state index >= 15 is 0 Å². The molecule has 0 atom stereocenters. The molecule has 3 rings (SSSR count). The van der Waals surface area contributed by atoms with E-state index in [9.17, 15) is 9.90 Å². The van der Waals surface area contributed by atoms with Crippen molar-refractivity contribution in [1.29, 1.82) is 0 Å². The number of halogens is 1. The van der Waals surface area contributed by atoms with Crippen molar-refractivity contribution in [3.8, 4) is 28.6 Å². The molecule has 6 heteroatoms. The molecule has 118 valence electrons. The highest BCUT2D eigenvalue weighted by Crippen LogP contribution is 2.38. The summed E-state index contributed by atoms with van der Waals surface area (Å²) in [6.07, 6.45) is 0. The van der Waals surface area contributed by atoms with Gasteiger partial charge in [-0.25, -0.2) is 0 Å². The first-order valence-electron chi connectivity index (χ1n) is 6.73. The lowest BCUT2D eigenvalue weighted by Gasteiger charge is -2.11. The largest absolute Gasteiger partial charge is 0.502 e. The number of hydrogen-bond acceptors (Lipinski definition) is 5. The fraction of sp³-hybridized carbons (Fsp3) is 0.118. The molecule has 2 aromatic carbocycles. The maximum absolute atomic E-state index is 12.5. The van der Waals surface area contributed by atoms with Gasteiger partial charge < -0.3 is 19.0 Å². The summed E-state index contributed by atoms with van der Waals surface area (Å²) >= 11 is 3.36. The van der Waals surface area contributed by atoms with Crippen molar-refractivity contribution in [1.82, 2.24) is 0 Å². The fourth-order valence-electron chi connectivity index (χ4n) is 2.41. The van der Waals surface area contributed by atoms with E-state index in [2.05, 4.69) is 15.9 Å². The highest BCUT2D eigenvalue weighted by Gasteiger charge is 2.20. The molecular formula is C17H13BrO5. The van der Waals surface area contributed by atoms with Gasteiger partial charge in [0, 0.05) is 4.47 Å². The van der Waals surface area contributed by atoms with E-state index in [0.29, 0.717) is 22.6 Å². The summed E-state index contributed by atoms with van der Waals surface area (Å²) in [5, 5.41) is 10.5. The fourth-order valence-corrected chi connectivity index (χ4v) is 2.77. The van der Waals surface area contributed by atoms with Crippen LogP contribution in [0.2, 0.25) is 0 Å². The van der Waals surface area contributed by atoms with Crippen molar-refractivity contribution >= 4 is 26.9 Å². The first-order chi connectivity index (χ1) is 11.1. The van der Waals surface area contributed by atoms with Gasteiger partial charge >= 0.3 is 0 Å². The van der Waals surface area contributed by atoms with Gasteiger partial charge in [-0.15, -0.1) is 0 Å². The van der Waals surface area contributed by atoms with Crippen LogP contribution in [0.15, 0.2) is 50.1 Å². The van der Waals surface area contributed by atoms with Crippen LogP contribution in [0.4, 0.5) is 0 Å². The molecule has 23 heavy (non-hydrogen) atoms. The zero-order valence-corrected chi connectivity index (χ0v) is 14.0. The van der Waals surface area contributed by atoms with Gasteiger partial charge in [-0.1, -0.05) is 22.0 Å². The lowest BCUT2D eigenvalue weighted by molar-refractivity contribution is 0.409. The van der Waals surface area contributed by atoms with E-state index in [0.717, 1.165) is 4.47 Å². The third-order valence-corrected chi connectivity index (χ3v) is 3.98. The summed E-state index contributed by atoms with van der Waals surface area (Å²) in [6.45, 7) is 0. The minimum atomic E-state index is -0.555. The summed E-state index contributed by atoms with van der Waals surface area (Å²) in [5.41, 5.74) is 0.242. The molecule has 0 fully saturated rings. The zero-order chi connectivity index (χ0) is 16.6. The lowest BCUT2D eigenvalue weighted by Crippen LogP contribution is -2.05. The molecule has 3 aromatic rings. The van der Waals surface area contributed by atoms with E-state index in [1.807, 2.05) is 0 Å². The molecule has 5 nitrogen and oxygen atoms in total. The summed E-state index contributed by atoms with van der Waals surface area (Å²) in [6, 6.07) is 10.2. The average Bonchev–Trinajstić information content (AvgIpc) is 2.57. The Morgan fingerprint density at radius 1 is 1.09 bits per heavy atom. The van der Waals surface area contributed by atoms with Crippen molar-refractivity contribution in [3.63, 3.8) is 0 Å². The van der Waals surface area contributed by atoms with Crippen LogP contribution in [0.3, 0.4) is 0 Å². The third kappa shape index (κ3) is 2.55. The van der Waals surface area contributed by atoms with Gasteiger partial charge in [-0.3, -0.25) is 4.79 Å². The molecule has 0 aliphatic heterocycles. The summed E-state index contributed by atoms with van der Waals surface area (Å²) < 4.78 is 17.0. The lowest BCUT2D eigenvalue weighted by atomic mass is 10.1. The van der Waals surface area contributed by atoms with Gasteiger partial charge in [0.1, 0.15) is 22.5 Å². The van der Waals surface area contributed by atoms with Crippen molar-refractivity contribution in [3.05, 3.63) is 51.1 Å². The molecule has 0 bridgehead atoms. The number of ether oxygens (including phenoxy) is 2. The smallest absolute Gasteiger partial charge is 0.238 e. The molecule has 0 spiro atoms. The average molecular weight is 377 g/mol. The first kappa shape index (κ1) is 15.4. The van der Waals surface area contributed by atoms with Crippen LogP contribution in [0.5, 0.6) is 17.2 Å². The maximum atomic E-state index is 12.5. The van der Waals surface area contributed by atoms with Crippen LogP contribution in [-0.2, 0) is 0 Å². The predicted molar refractivity (Wildman–Crippen MR) is 90.4 cm³/mol. The van der Waals surface area contributed by atoms with Gasteiger partial charge in [0.2, 0.25) is 11.2 Å². The SMILES string of the molecule is COc1ccc(Br)cc1-c1oc2cccc(OC)c2c(=O)c1O. The number of methoxy groups -OCH3 is 2. The Labute approximate surface area is 140 Å². The van der Waals surface area contributed by atoms with E-state index in [4.69, 9.17) is 13.9 Å². The molecule has 0 radical (unpaired) electrons. The van der Waals surface area contributed by atoms with Crippen molar-refractivity contribution < 1.29 is 19.0 Å². The van der Waals surface area contributed by atoms with Crippen molar-refractivity contribution in [2.24, 2.45) is 0 Å². The van der Waals surface area contributed by atoms with Crippen LogP contribution in [0.25, 0.3) is 22.3 Å². The molecule has 1 aromatic heterocycles. The monoisotopic (exact) mass is 376 g/mol. The molecule has 0 aliphatic rings. The standard InChI is InChI=1S/C17H13BrO5/c1-21-11-7-6-9(18)8-10(11)17-16(20)15(19)14-12(22-2)4-3-5-13(14)23-17/h3-8,20H,1-2H3. The van der Waals surface area contributed by atoms with Gasteiger partial charge in [0.15, 0.2) is 5.76 Å². The summed E-state index contributed by atoms with van der Waals surface area (Å²) in [5.74, 6) is 0.389. The van der Waals surface area contributed by atoms with Gasteiger partial charge in [0.25, 0.3) is 0 Å². The Bertz CT molecular complexity index is 946. The van der Waals surface area contributed by atoms with E-state index in [1.165, 1.54) is 14.2 Å². The summed E-state index contributed by atoms with van der Waals surface area (Å²) in [4.78, 5) is 12.5. The molecule has 0 saturated carbocycles. The Hall–Kier alpha value is -2.47. The van der Waals surface area contributed by atoms with Crippen molar-refractivity contribution in [2.75, 3.05) is 14.2 Å².